The fourth-order valence-corrected chi connectivity index (χ4v) is 4.22. The van der Waals surface area contributed by atoms with Gasteiger partial charge < -0.3 is 15.9 Å². The fourth-order valence-electron chi connectivity index (χ4n) is 3.13. The van der Waals surface area contributed by atoms with Crippen LogP contribution in [0.15, 0.2) is 54.6 Å². The molecule has 4 N–H and O–H groups in total. The minimum Gasteiger partial charge on any atom is -0.507 e. The Labute approximate surface area is 155 Å². The number of aromatic nitrogens is 1. The van der Waals surface area contributed by atoms with Gasteiger partial charge >= 0.3 is 6.18 Å². The number of hydrogen-bond acceptors (Lipinski definition) is 5. The smallest absolute Gasteiger partial charge is 0.428 e. The molecule has 0 fully saturated rings. The molecule has 138 valence electrons. The molecule has 0 aliphatic heterocycles. The van der Waals surface area contributed by atoms with Crippen LogP contribution in [-0.2, 0) is 5.60 Å². The molecule has 4 rings (SSSR count). The number of anilines is 1. The summed E-state index contributed by atoms with van der Waals surface area (Å²) in [5.41, 5.74) is 2.48. The molecule has 0 radical (unpaired) electrons. The topological polar surface area (TPSA) is 79.4 Å². The Kier molecular flexibility index (Phi) is 3.79. The van der Waals surface area contributed by atoms with E-state index >= 15 is 0 Å². The molecule has 0 saturated carbocycles. The lowest BCUT2D eigenvalue weighted by Crippen LogP contribution is -2.43. The lowest BCUT2D eigenvalue weighted by Gasteiger charge is -2.30. The highest BCUT2D eigenvalue weighted by Crippen LogP contribution is 2.50. The van der Waals surface area contributed by atoms with Crippen LogP contribution >= 0.6 is 11.3 Å². The van der Waals surface area contributed by atoms with Gasteiger partial charge in [0.15, 0.2) is 0 Å². The van der Waals surface area contributed by atoms with Crippen molar-refractivity contribution < 1.29 is 23.4 Å². The molecule has 27 heavy (non-hydrogen) atoms. The first-order chi connectivity index (χ1) is 12.7. The van der Waals surface area contributed by atoms with Crippen molar-refractivity contribution in [3.63, 3.8) is 0 Å². The van der Waals surface area contributed by atoms with Gasteiger partial charge in [-0.1, -0.05) is 30.3 Å². The zero-order valence-electron chi connectivity index (χ0n) is 13.7. The van der Waals surface area contributed by atoms with Crippen LogP contribution in [0.3, 0.4) is 0 Å². The van der Waals surface area contributed by atoms with Crippen molar-refractivity contribution in [1.82, 2.24) is 4.98 Å². The molecule has 0 aliphatic rings. The van der Waals surface area contributed by atoms with E-state index in [0.29, 0.717) is 10.2 Å². The molecule has 4 aromatic rings. The molecule has 0 aliphatic carbocycles. The van der Waals surface area contributed by atoms with E-state index in [1.54, 1.807) is 24.3 Å². The van der Waals surface area contributed by atoms with Crippen molar-refractivity contribution >= 4 is 38.0 Å². The van der Waals surface area contributed by atoms with Gasteiger partial charge in [-0.05, 0) is 24.3 Å². The number of aliphatic hydroxyl groups is 1. The molecule has 1 unspecified atom stereocenters. The Hall–Kier alpha value is -2.84. The van der Waals surface area contributed by atoms with Crippen LogP contribution in [0, 0.1) is 0 Å². The van der Waals surface area contributed by atoms with E-state index < -0.39 is 28.1 Å². The van der Waals surface area contributed by atoms with Gasteiger partial charge in [-0.2, -0.15) is 13.2 Å². The zero-order chi connectivity index (χ0) is 19.4. The Morgan fingerprint density at radius 3 is 2.41 bits per heavy atom. The number of halogens is 3. The van der Waals surface area contributed by atoms with Crippen LogP contribution < -0.4 is 5.73 Å². The maximum atomic E-state index is 14.2. The van der Waals surface area contributed by atoms with Crippen molar-refractivity contribution in [2.75, 3.05) is 5.73 Å². The van der Waals surface area contributed by atoms with Gasteiger partial charge in [-0.15, -0.1) is 11.3 Å². The van der Waals surface area contributed by atoms with E-state index in [2.05, 4.69) is 4.98 Å². The summed E-state index contributed by atoms with van der Waals surface area (Å²) >= 11 is 0.751. The number of aromatic hydroxyl groups is 1. The van der Waals surface area contributed by atoms with Crippen molar-refractivity contribution in [3.8, 4) is 5.75 Å². The molecule has 0 saturated heterocycles. The summed E-state index contributed by atoms with van der Waals surface area (Å²) in [4.78, 5) is 4.02. The zero-order valence-corrected chi connectivity index (χ0v) is 14.5. The number of nitrogens with zero attached hydrogens (tertiary/aromatic N) is 1. The summed E-state index contributed by atoms with van der Waals surface area (Å²) in [5, 5.41) is 20.8. The van der Waals surface area contributed by atoms with Crippen molar-refractivity contribution in [2.45, 2.75) is 11.8 Å². The maximum Gasteiger partial charge on any atom is 0.428 e. The van der Waals surface area contributed by atoms with Gasteiger partial charge in [0, 0.05) is 22.0 Å². The standard InChI is InChI=1S/C19H13F3N2O2S/c20-19(21,22)18(26,17-24-13-5-1-2-7-15(13)27-17)11-8-9-12(23)10-4-3-6-14(25)16(10)11/h1-9,25-26H,23H2. The molecule has 3 aromatic carbocycles. The fraction of sp³-hybridized carbons (Fsp3) is 0.105. The summed E-state index contributed by atoms with van der Waals surface area (Å²) in [6.45, 7) is 0. The Bertz CT molecular complexity index is 1140. The minimum absolute atomic E-state index is 0.156. The number of alkyl halides is 3. The van der Waals surface area contributed by atoms with E-state index in [0.717, 1.165) is 17.4 Å². The van der Waals surface area contributed by atoms with Crippen LogP contribution in [0.1, 0.15) is 10.6 Å². The number of thiazole rings is 1. The van der Waals surface area contributed by atoms with Gasteiger partial charge in [0.25, 0.3) is 0 Å². The van der Waals surface area contributed by atoms with Gasteiger partial charge in [-0.25, -0.2) is 4.98 Å². The first-order valence-corrected chi connectivity index (χ1v) is 8.71. The number of nitrogen functional groups attached to an aromatic ring is 1. The van der Waals surface area contributed by atoms with E-state index in [4.69, 9.17) is 5.73 Å². The van der Waals surface area contributed by atoms with Crippen molar-refractivity contribution in [1.29, 1.82) is 0 Å². The van der Waals surface area contributed by atoms with Crippen molar-refractivity contribution in [2.24, 2.45) is 0 Å². The van der Waals surface area contributed by atoms with Crippen LogP contribution in [-0.4, -0.2) is 21.4 Å². The normalized spacial score (nSPS) is 14.5. The number of nitrogens with two attached hydrogens (primary N) is 1. The van der Waals surface area contributed by atoms with Gasteiger partial charge in [0.05, 0.1) is 10.2 Å². The van der Waals surface area contributed by atoms with Crippen LogP contribution in [0.25, 0.3) is 21.0 Å². The van der Waals surface area contributed by atoms with E-state index in [9.17, 15) is 23.4 Å². The average Bonchev–Trinajstić information content (AvgIpc) is 3.05. The largest absolute Gasteiger partial charge is 0.507 e. The second-order valence-corrected chi connectivity index (χ2v) is 7.13. The third-order valence-electron chi connectivity index (χ3n) is 4.46. The summed E-state index contributed by atoms with van der Waals surface area (Å²) in [6.07, 6.45) is -5.08. The van der Waals surface area contributed by atoms with Crippen molar-refractivity contribution in [3.05, 3.63) is 65.2 Å². The molecule has 1 heterocycles. The minimum atomic E-state index is -5.08. The van der Waals surface area contributed by atoms with Crippen LogP contribution in [0.2, 0.25) is 0 Å². The molecule has 1 atom stereocenters. The number of fused-ring (bicyclic) bond motifs is 2. The van der Waals surface area contributed by atoms with Gasteiger partial charge in [0.2, 0.25) is 5.60 Å². The number of para-hydroxylation sites is 1. The summed E-state index contributed by atoms with van der Waals surface area (Å²) in [7, 11) is 0. The molecule has 0 spiro atoms. The highest BCUT2D eigenvalue weighted by Gasteiger charge is 2.59. The third kappa shape index (κ3) is 2.52. The molecular weight excluding hydrogens is 377 g/mol. The SMILES string of the molecule is Nc1ccc(C(O)(c2nc3ccccc3s2)C(F)(F)F)c2c(O)cccc12. The number of benzene rings is 3. The molecule has 0 bridgehead atoms. The maximum absolute atomic E-state index is 14.2. The average molecular weight is 390 g/mol. The highest BCUT2D eigenvalue weighted by atomic mass is 32.1. The second kappa shape index (κ2) is 5.83. The molecule has 8 heteroatoms. The van der Waals surface area contributed by atoms with E-state index in [1.165, 1.54) is 24.3 Å². The number of phenols is 1. The monoisotopic (exact) mass is 390 g/mol. The van der Waals surface area contributed by atoms with Crippen LogP contribution in [0.4, 0.5) is 18.9 Å². The van der Waals surface area contributed by atoms with Gasteiger partial charge in [-0.3, -0.25) is 0 Å². The summed E-state index contributed by atoms with van der Waals surface area (Å²) in [5.74, 6) is -0.404. The Morgan fingerprint density at radius 1 is 0.963 bits per heavy atom. The molecule has 0 amide bonds. The Balaban J connectivity index is 2.11. The first-order valence-electron chi connectivity index (χ1n) is 7.89. The quantitative estimate of drug-likeness (QED) is 0.439. The van der Waals surface area contributed by atoms with E-state index in [-0.39, 0.29) is 16.5 Å². The molecule has 4 nitrogen and oxygen atoms in total. The van der Waals surface area contributed by atoms with Crippen LogP contribution in [0.5, 0.6) is 5.75 Å². The lowest BCUT2D eigenvalue weighted by molar-refractivity contribution is -0.247. The number of hydrogen-bond donors (Lipinski definition) is 3. The molecule has 1 aromatic heterocycles. The lowest BCUT2D eigenvalue weighted by atomic mass is 9.88. The predicted molar refractivity (Wildman–Crippen MR) is 98.7 cm³/mol. The highest BCUT2D eigenvalue weighted by molar-refractivity contribution is 7.18. The van der Waals surface area contributed by atoms with Gasteiger partial charge in [0.1, 0.15) is 10.8 Å². The third-order valence-corrected chi connectivity index (χ3v) is 5.60. The summed E-state index contributed by atoms with van der Waals surface area (Å²) in [6, 6.07) is 13.1. The number of phenolic OH excluding ortho intramolecular Hbond substituents is 1. The second-order valence-electron chi connectivity index (χ2n) is 6.10. The van der Waals surface area contributed by atoms with E-state index in [1.807, 2.05) is 0 Å². The Morgan fingerprint density at radius 2 is 1.70 bits per heavy atom. The first kappa shape index (κ1) is 17.6. The number of rotatable bonds is 2. The summed E-state index contributed by atoms with van der Waals surface area (Å²) < 4.78 is 43.0. The molecular formula is C19H13F3N2O2S. The predicted octanol–water partition coefficient (Wildman–Crippen LogP) is 4.54.